The number of likely N-dealkylation sites (tertiary alicyclic amines) is 1. The number of carbonyl (C=O) groups excluding carboxylic acids is 2. The van der Waals surface area contributed by atoms with Crippen molar-refractivity contribution in [3.8, 4) is 0 Å². The average Bonchev–Trinajstić information content (AvgIpc) is 3.11. The van der Waals surface area contributed by atoms with Gasteiger partial charge in [-0.15, -0.1) is 12.4 Å². The van der Waals surface area contributed by atoms with Crippen LogP contribution < -0.4 is 10.6 Å². The van der Waals surface area contributed by atoms with E-state index in [9.17, 15) is 19.7 Å². The van der Waals surface area contributed by atoms with Crippen molar-refractivity contribution in [1.82, 2.24) is 15.5 Å². The lowest BCUT2D eigenvalue weighted by atomic mass is 10.1. The van der Waals surface area contributed by atoms with E-state index in [1.54, 1.807) is 11.8 Å². The van der Waals surface area contributed by atoms with Crippen LogP contribution in [0.1, 0.15) is 41.6 Å². The first kappa shape index (κ1) is 21.1. The maximum Gasteiger partial charge on any atom is 0.272 e. The van der Waals surface area contributed by atoms with Gasteiger partial charge in [0.05, 0.1) is 4.92 Å². The highest BCUT2D eigenvalue weighted by Crippen LogP contribution is 2.24. The number of piperidine rings is 1. The van der Waals surface area contributed by atoms with Crippen LogP contribution in [0.15, 0.2) is 18.2 Å². The number of rotatable bonds is 4. The first-order valence-corrected chi connectivity index (χ1v) is 9.04. The minimum Gasteiger partial charge on any atom is -0.350 e. The van der Waals surface area contributed by atoms with E-state index >= 15 is 0 Å². The Morgan fingerprint density at radius 1 is 1.30 bits per heavy atom. The van der Waals surface area contributed by atoms with Crippen LogP contribution in [0.3, 0.4) is 0 Å². The Kier molecular flexibility index (Phi) is 7.15. The molecular formula is C18H25ClN4O4. The number of amides is 2. The lowest BCUT2D eigenvalue weighted by Crippen LogP contribution is -2.52. The molecule has 0 bridgehead atoms. The van der Waals surface area contributed by atoms with E-state index in [1.165, 1.54) is 18.2 Å². The second kappa shape index (κ2) is 9.14. The van der Waals surface area contributed by atoms with Gasteiger partial charge in [0.1, 0.15) is 6.04 Å². The summed E-state index contributed by atoms with van der Waals surface area (Å²) in [6.07, 6.45) is 3.39. The highest BCUT2D eigenvalue weighted by atomic mass is 35.5. The monoisotopic (exact) mass is 396 g/mol. The molecule has 1 unspecified atom stereocenters. The molecule has 27 heavy (non-hydrogen) atoms. The molecule has 2 saturated heterocycles. The van der Waals surface area contributed by atoms with Crippen molar-refractivity contribution in [2.75, 3.05) is 19.6 Å². The van der Waals surface area contributed by atoms with E-state index in [1.807, 2.05) is 0 Å². The maximum atomic E-state index is 12.9. The number of halogens is 1. The smallest absolute Gasteiger partial charge is 0.272 e. The predicted octanol–water partition coefficient (Wildman–Crippen LogP) is 1.80. The number of benzene rings is 1. The lowest BCUT2D eigenvalue weighted by Gasteiger charge is -2.28. The highest BCUT2D eigenvalue weighted by Gasteiger charge is 2.35. The Labute approximate surface area is 164 Å². The number of nitrogens with one attached hydrogen (secondary N) is 2. The normalized spacial score (nSPS) is 22.0. The van der Waals surface area contributed by atoms with Crippen molar-refractivity contribution in [3.05, 3.63) is 39.4 Å². The van der Waals surface area contributed by atoms with E-state index < -0.39 is 11.0 Å². The summed E-state index contributed by atoms with van der Waals surface area (Å²) < 4.78 is 0. The van der Waals surface area contributed by atoms with Crippen molar-refractivity contribution in [1.29, 1.82) is 0 Å². The van der Waals surface area contributed by atoms with Crippen LogP contribution in [0.4, 0.5) is 5.69 Å². The molecule has 0 aromatic heterocycles. The van der Waals surface area contributed by atoms with Crippen LogP contribution in [-0.2, 0) is 4.79 Å². The standard InChI is InChI=1S/C18H24N4O4.ClH/c1-12-10-13(6-7-15(12)22(25)26)18(24)21-9-3-5-16(21)17(23)20-14-4-2-8-19-11-14;/h6-7,10,14,16,19H,2-5,8-9,11H2,1H3,(H,20,23);1H/t14-,16?;/m0./s1. The third-order valence-electron chi connectivity index (χ3n) is 5.10. The molecule has 8 nitrogen and oxygen atoms in total. The quantitative estimate of drug-likeness (QED) is 0.596. The summed E-state index contributed by atoms with van der Waals surface area (Å²) in [5.74, 6) is -0.356. The largest absolute Gasteiger partial charge is 0.350 e. The third-order valence-corrected chi connectivity index (χ3v) is 5.10. The molecule has 9 heteroatoms. The molecule has 0 spiro atoms. The van der Waals surface area contributed by atoms with Gasteiger partial charge in [-0.25, -0.2) is 0 Å². The van der Waals surface area contributed by atoms with Gasteiger partial charge in [-0.05, 0) is 51.3 Å². The second-order valence-electron chi connectivity index (χ2n) is 6.97. The van der Waals surface area contributed by atoms with Gasteiger partial charge in [-0.1, -0.05) is 0 Å². The number of nitro groups is 1. The van der Waals surface area contributed by atoms with Crippen molar-refractivity contribution in [2.24, 2.45) is 0 Å². The number of carbonyl (C=O) groups is 2. The summed E-state index contributed by atoms with van der Waals surface area (Å²) in [6.45, 7) is 3.86. The van der Waals surface area contributed by atoms with Crippen LogP contribution >= 0.6 is 12.4 Å². The van der Waals surface area contributed by atoms with Crippen LogP contribution in [0.25, 0.3) is 0 Å². The zero-order valence-electron chi connectivity index (χ0n) is 15.3. The first-order valence-electron chi connectivity index (χ1n) is 9.04. The van der Waals surface area contributed by atoms with E-state index in [0.717, 1.165) is 32.4 Å². The Bertz CT molecular complexity index is 721. The first-order chi connectivity index (χ1) is 12.5. The molecule has 2 fully saturated rings. The third kappa shape index (κ3) is 4.75. The summed E-state index contributed by atoms with van der Waals surface area (Å²) in [4.78, 5) is 37.6. The van der Waals surface area contributed by atoms with Gasteiger partial charge < -0.3 is 15.5 Å². The summed E-state index contributed by atoms with van der Waals surface area (Å²) in [7, 11) is 0. The summed E-state index contributed by atoms with van der Waals surface area (Å²) in [6, 6.07) is 3.97. The van der Waals surface area contributed by atoms with Crippen molar-refractivity contribution in [2.45, 2.75) is 44.7 Å². The SMILES string of the molecule is Cc1cc(C(=O)N2CCCC2C(=O)N[C@H]2CCCNC2)ccc1[N+](=O)[O-].Cl. The molecule has 2 amide bonds. The fourth-order valence-corrected chi connectivity index (χ4v) is 3.71. The van der Waals surface area contributed by atoms with Gasteiger partial charge in [0, 0.05) is 36.3 Å². The fourth-order valence-electron chi connectivity index (χ4n) is 3.71. The molecule has 148 valence electrons. The highest BCUT2D eigenvalue weighted by molar-refractivity contribution is 5.98. The van der Waals surface area contributed by atoms with Crippen LogP contribution in [0.2, 0.25) is 0 Å². The van der Waals surface area contributed by atoms with Gasteiger partial charge in [-0.3, -0.25) is 19.7 Å². The zero-order valence-corrected chi connectivity index (χ0v) is 16.1. The maximum absolute atomic E-state index is 12.9. The Balaban J connectivity index is 0.00000261. The minimum absolute atomic E-state index is 0. The molecule has 0 radical (unpaired) electrons. The molecule has 0 saturated carbocycles. The van der Waals surface area contributed by atoms with Crippen LogP contribution in [0, 0.1) is 17.0 Å². The van der Waals surface area contributed by atoms with Gasteiger partial charge in [0.2, 0.25) is 5.91 Å². The van der Waals surface area contributed by atoms with Crippen LogP contribution in [-0.4, -0.2) is 53.4 Å². The molecule has 0 aliphatic carbocycles. The summed E-state index contributed by atoms with van der Waals surface area (Å²) >= 11 is 0. The van der Waals surface area contributed by atoms with Crippen molar-refractivity contribution >= 4 is 29.9 Å². The minimum atomic E-state index is -0.472. The molecular weight excluding hydrogens is 372 g/mol. The van der Waals surface area contributed by atoms with Crippen LogP contribution in [0.5, 0.6) is 0 Å². The van der Waals surface area contributed by atoms with Gasteiger partial charge in [0.25, 0.3) is 11.6 Å². The van der Waals surface area contributed by atoms with Crippen molar-refractivity contribution in [3.63, 3.8) is 0 Å². The Morgan fingerprint density at radius 2 is 2.07 bits per heavy atom. The topological polar surface area (TPSA) is 105 Å². The number of hydrogen-bond donors (Lipinski definition) is 2. The number of hydrogen-bond acceptors (Lipinski definition) is 5. The predicted molar refractivity (Wildman–Crippen MR) is 103 cm³/mol. The molecule has 2 N–H and O–H groups in total. The Morgan fingerprint density at radius 3 is 2.70 bits per heavy atom. The number of aryl methyl sites for hydroxylation is 1. The molecule has 1 aromatic carbocycles. The molecule has 2 aliphatic rings. The molecule has 2 atom stereocenters. The lowest BCUT2D eigenvalue weighted by molar-refractivity contribution is -0.385. The van der Waals surface area contributed by atoms with Gasteiger partial charge >= 0.3 is 0 Å². The summed E-state index contributed by atoms with van der Waals surface area (Å²) in [5, 5.41) is 17.3. The zero-order chi connectivity index (χ0) is 18.7. The van der Waals surface area contributed by atoms with E-state index in [0.29, 0.717) is 24.1 Å². The number of nitro benzene ring substituents is 1. The molecule has 2 aliphatic heterocycles. The fraction of sp³-hybridized carbons (Fsp3) is 0.556. The molecule has 1 aromatic rings. The second-order valence-corrected chi connectivity index (χ2v) is 6.97. The van der Waals surface area contributed by atoms with E-state index in [-0.39, 0.29) is 36.0 Å². The van der Waals surface area contributed by atoms with Crippen molar-refractivity contribution < 1.29 is 14.5 Å². The van der Waals surface area contributed by atoms with Gasteiger partial charge in [-0.2, -0.15) is 0 Å². The average molecular weight is 397 g/mol. The van der Waals surface area contributed by atoms with E-state index in [2.05, 4.69) is 10.6 Å². The summed E-state index contributed by atoms with van der Waals surface area (Å²) in [5.41, 5.74) is 0.809. The molecule has 2 heterocycles. The van der Waals surface area contributed by atoms with E-state index in [4.69, 9.17) is 0 Å². The molecule has 3 rings (SSSR count). The number of nitrogens with zero attached hydrogens (tertiary/aromatic N) is 2. The Hall–Kier alpha value is -2.19. The van der Waals surface area contributed by atoms with Gasteiger partial charge in [0.15, 0.2) is 0 Å².